The lowest BCUT2D eigenvalue weighted by Gasteiger charge is -2.06. The van der Waals surface area contributed by atoms with Crippen molar-refractivity contribution in [1.82, 2.24) is 15.0 Å². The number of hydrogen-bond acceptors (Lipinski definition) is 6. The lowest BCUT2D eigenvalue weighted by Crippen LogP contribution is -2.15. The summed E-state index contributed by atoms with van der Waals surface area (Å²) in [7, 11) is -1.52. The number of rotatable bonds is 9. The smallest absolute Gasteiger partial charge is 0.358 e. The molecule has 0 saturated heterocycles. The molecule has 0 saturated carbocycles. The summed E-state index contributed by atoms with van der Waals surface area (Å²) in [5.41, 5.74) is 0.341. The zero-order valence-electron chi connectivity index (χ0n) is 11.6. The quantitative estimate of drug-likeness (QED) is 0.683. The van der Waals surface area contributed by atoms with Crippen LogP contribution in [0.5, 0.6) is 0 Å². The van der Waals surface area contributed by atoms with Crippen LogP contribution in [0.2, 0.25) is 0 Å². The maximum atomic E-state index is 11.4. The van der Waals surface area contributed by atoms with Gasteiger partial charge in [0, 0.05) is 25.8 Å². The highest BCUT2D eigenvalue weighted by molar-refractivity contribution is 7.91. The van der Waals surface area contributed by atoms with Gasteiger partial charge in [-0.15, -0.1) is 5.10 Å². The lowest BCUT2D eigenvalue weighted by atomic mass is 10.2. The number of aromatic nitrogens is 3. The van der Waals surface area contributed by atoms with Crippen molar-refractivity contribution >= 4 is 15.8 Å². The van der Waals surface area contributed by atoms with Crippen molar-refractivity contribution in [2.75, 3.05) is 25.2 Å². The number of aryl methyl sites for hydroxylation is 1. The van der Waals surface area contributed by atoms with Gasteiger partial charge in [-0.2, -0.15) is 0 Å². The number of ether oxygens (including phenoxy) is 1. The predicted molar refractivity (Wildman–Crippen MR) is 71.5 cm³/mol. The van der Waals surface area contributed by atoms with Crippen molar-refractivity contribution in [2.24, 2.45) is 0 Å². The van der Waals surface area contributed by atoms with Gasteiger partial charge in [0.05, 0.1) is 18.1 Å². The van der Waals surface area contributed by atoms with Crippen LogP contribution in [0.15, 0.2) is 0 Å². The molecule has 0 bridgehead atoms. The maximum absolute atomic E-state index is 11.4. The van der Waals surface area contributed by atoms with Gasteiger partial charge in [0.25, 0.3) is 0 Å². The second kappa shape index (κ2) is 7.34. The van der Waals surface area contributed by atoms with Crippen molar-refractivity contribution in [1.29, 1.82) is 0 Å². The molecule has 0 radical (unpaired) electrons. The van der Waals surface area contributed by atoms with Crippen molar-refractivity contribution in [3.8, 4) is 0 Å². The summed E-state index contributed by atoms with van der Waals surface area (Å²) < 4.78 is 29.2. The van der Waals surface area contributed by atoms with E-state index in [2.05, 4.69) is 10.3 Å². The highest BCUT2D eigenvalue weighted by Gasteiger charge is 2.18. The monoisotopic (exact) mass is 305 g/mol. The Bertz CT molecular complexity index is 552. The first kappa shape index (κ1) is 16.6. The van der Waals surface area contributed by atoms with E-state index in [-0.39, 0.29) is 17.2 Å². The molecule has 0 spiro atoms. The molecule has 0 fully saturated rings. The van der Waals surface area contributed by atoms with E-state index < -0.39 is 15.8 Å². The van der Waals surface area contributed by atoms with E-state index in [0.717, 1.165) is 0 Å². The molecule has 0 atom stereocenters. The van der Waals surface area contributed by atoms with Gasteiger partial charge in [-0.3, -0.25) is 0 Å². The average Bonchev–Trinajstić information content (AvgIpc) is 2.79. The fourth-order valence-corrected chi connectivity index (χ4v) is 2.56. The number of sulfone groups is 1. The zero-order valence-corrected chi connectivity index (χ0v) is 12.4. The van der Waals surface area contributed by atoms with Gasteiger partial charge in [0.2, 0.25) is 0 Å². The molecule has 20 heavy (non-hydrogen) atoms. The van der Waals surface area contributed by atoms with Crippen LogP contribution in [0.4, 0.5) is 0 Å². The number of methoxy groups -OCH3 is 1. The molecule has 0 aliphatic heterocycles. The third kappa shape index (κ3) is 4.57. The second-order valence-electron chi connectivity index (χ2n) is 4.25. The first-order valence-corrected chi connectivity index (χ1v) is 8.08. The van der Waals surface area contributed by atoms with E-state index in [1.807, 2.05) is 0 Å². The van der Waals surface area contributed by atoms with Crippen molar-refractivity contribution < 1.29 is 23.1 Å². The molecule has 1 aromatic heterocycles. The molecule has 1 heterocycles. The largest absolute Gasteiger partial charge is 0.476 e. The van der Waals surface area contributed by atoms with Gasteiger partial charge in [-0.25, -0.2) is 17.9 Å². The molecule has 0 amide bonds. The van der Waals surface area contributed by atoms with Crippen LogP contribution < -0.4 is 0 Å². The Morgan fingerprint density at radius 3 is 2.70 bits per heavy atom. The molecule has 1 N–H and O–H groups in total. The summed E-state index contributed by atoms with van der Waals surface area (Å²) in [6.45, 7) is 2.26. The van der Waals surface area contributed by atoms with Gasteiger partial charge < -0.3 is 9.84 Å². The number of aromatic carboxylic acids is 1. The number of carbonyl (C=O) groups is 1. The minimum absolute atomic E-state index is 0.0511. The Morgan fingerprint density at radius 1 is 1.45 bits per heavy atom. The summed E-state index contributed by atoms with van der Waals surface area (Å²) in [4.78, 5) is 11.0. The maximum Gasteiger partial charge on any atom is 0.358 e. The molecule has 0 aromatic carbocycles. The zero-order chi connectivity index (χ0) is 15.2. The molecule has 114 valence electrons. The molecule has 0 unspecified atom stereocenters. The third-order valence-corrected chi connectivity index (χ3v) is 4.64. The Kier molecular flexibility index (Phi) is 6.08. The molecule has 8 nitrogen and oxygen atoms in total. The molecular formula is C11H19N3O5S. The summed E-state index contributed by atoms with van der Waals surface area (Å²) in [5, 5.41) is 16.4. The highest BCUT2D eigenvalue weighted by atomic mass is 32.2. The number of carboxylic acids is 1. The lowest BCUT2D eigenvalue weighted by molar-refractivity contribution is 0.0688. The Balaban J connectivity index is 2.76. The van der Waals surface area contributed by atoms with Crippen LogP contribution in [0.25, 0.3) is 0 Å². The average molecular weight is 305 g/mol. The number of carboxylic acid groups (broad SMARTS) is 1. The van der Waals surface area contributed by atoms with Crippen LogP contribution in [-0.4, -0.2) is 59.7 Å². The molecule has 9 heteroatoms. The number of nitrogens with zero attached hydrogens (tertiary/aromatic N) is 3. The van der Waals surface area contributed by atoms with Crippen LogP contribution in [0, 0.1) is 0 Å². The minimum Gasteiger partial charge on any atom is -0.476 e. The van der Waals surface area contributed by atoms with E-state index >= 15 is 0 Å². The first-order chi connectivity index (χ1) is 9.41. The van der Waals surface area contributed by atoms with Crippen LogP contribution in [-0.2, 0) is 27.5 Å². The Hall–Kier alpha value is -1.48. The fourth-order valence-electron chi connectivity index (χ4n) is 1.70. The number of hydrogen-bond donors (Lipinski definition) is 1. The topological polar surface area (TPSA) is 111 Å². The molecule has 1 rings (SSSR count). The fraction of sp³-hybridized carbons (Fsp3) is 0.727. The molecule has 1 aromatic rings. The van der Waals surface area contributed by atoms with Crippen molar-refractivity contribution in [2.45, 2.75) is 26.3 Å². The van der Waals surface area contributed by atoms with Gasteiger partial charge in [0.1, 0.15) is 9.84 Å². The molecule has 0 aliphatic carbocycles. The Labute approximate surface area is 117 Å². The second-order valence-corrected chi connectivity index (χ2v) is 6.72. The van der Waals surface area contributed by atoms with E-state index in [1.54, 1.807) is 6.92 Å². The summed E-state index contributed by atoms with van der Waals surface area (Å²) >= 11 is 0. The van der Waals surface area contributed by atoms with E-state index in [9.17, 15) is 13.2 Å². The SMILES string of the molecule is CCS(=O)(=O)CCCn1nnc(C(=O)O)c1CCOC. The van der Waals surface area contributed by atoms with Gasteiger partial charge >= 0.3 is 5.97 Å². The van der Waals surface area contributed by atoms with Gasteiger partial charge in [-0.05, 0) is 6.42 Å². The van der Waals surface area contributed by atoms with Crippen LogP contribution >= 0.6 is 0 Å². The molecular weight excluding hydrogens is 286 g/mol. The highest BCUT2D eigenvalue weighted by Crippen LogP contribution is 2.08. The van der Waals surface area contributed by atoms with Crippen molar-refractivity contribution in [3.05, 3.63) is 11.4 Å². The third-order valence-electron chi connectivity index (χ3n) is 2.85. The molecule has 0 aliphatic rings. The van der Waals surface area contributed by atoms with Crippen LogP contribution in [0.3, 0.4) is 0 Å². The van der Waals surface area contributed by atoms with Crippen molar-refractivity contribution in [3.63, 3.8) is 0 Å². The summed E-state index contributed by atoms with van der Waals surface area (Å²) in [5.74, 6) is -1.000. The normalized spacial score (nSPS) is 11.7. The standard InChI is InChI=1S/C11H19N3O5S/c1-3-20(17,18)8-4-6-14-9(5-7-19-2)10(11(15)16)12-13-14/h3-8H2,1-2H3,(H,15,16). The van der Waals surface area contributed by atoms with E-state index in [1.165, 1.54) is 11.8 Å². The van der Waals surface area contributed by atoms with Crippen LogP contribution in [0.1, 0.15) is 29.5 Å². The Morgan fingerprint density at radius 2 is 2.15 bits per heavy atom. The minimum atomic E-state index is -3.03. The summed E-state index contributed by atoms with van der Waals surface area (Å²) in [6, 6.07) is 0. The predicted octanol–water partition coefficient (Wildman–Crippen LogP) is -0.01000. The van der Waals surface area contributed by atoms with Gasteiger partial charge in [0.15, 0.2) is 5.69 Å². The van der Waals surface area contributed by atoms with E-state index in [0.29, 0.717) is 31.7 Å². The van der Waals surface area contributed by atoms with E-state index in [4.69, 9.17) is 9.84 Å². The first-order valence-electron chi connectivity index (χ1n) is 6.26. The van der Waals surface area contributed by atoms with Gasteiger partial charge in [-0.1, -0.05) is 12.1 Å². The summed E-state index contributed by atoms with van der Waals surface area (Å²) in [6.07, 6.45) is 0.740.